The number of benzene rings is 1. The molecule has 2 aliphatic heterocycles. The van der Waals surface area contributed by atoms with Gasteiger partial charge in [0.1, 0.15) is 29.3 Å². The molecule has 1 aromatic carbocycles. The number of nitrogens with zero attached hydrogens (tertiary/aromatic N) is 2. The number of nitrogens with two attached hydrogens (primary N) is 1. The number of alkyl halides is 2. The Bertz CT molecular complexity index is 1230. The van der Waals surface area contributed by atoms with Crippen molar-refractivity contribution < 1.29 is 41.8 Å². The fourth-order valence-corrected chi connectivity index (χ4v) is 5.34. The summed E-state index contributed by atoms with van der Waals surface area (Å²) < 4.78 is 65.0. The van der Waals surface area contributed by atoms with E-state index in [0.29, 0.717) is 4.57 Å². The number of halogens is 2. The van der Waals surface area contributed by atoms with Crippen LogP contribution in [0, 0.1) is 0 Å². The van der Waals surface area contributed by atoms with Crippen molar-refractivity contribution in [3.8, 4) is 5.75 Å². The number of carbonyl (C=O) groups is 1. The maximum absolute atomic E-state index is 14.8. The summed E-state index contributed by atoms with van der Waals surface area (Å²) >= 11 is 0. The molecule has 2 fully saturated rings. The van der Waals surface area contributed by atoms with E-state index in [1.807, 2.05) is 0 Å². The summed E-state index contributed by atoms with van der Waals surface area (Å²) in [5, 5.41) is 12.7. The molecule has 36 heavy (non-hydrogen) atoms. The zero-order valence-electron chi connectivity index (χ0n) is 19.2. The summed E-state index contributed by atoms with van der Waals surface area (Å²) in [5.74, 6) is -4.71. The standard InChI is InChI=1S/C21H25F2N4O8P/c1-20(2)10-13(17(29)34-20)26-36(31,35-12-6-4-3-5-7-12)32-11-14-16(28)21(22,23)18(33-14)27-9-8-15(24)25-19(27)30/h3-9,13-14,16,18,28H,10-11H2,1-2H3,(H,26,31)(H2,24,25,30)/t13?,14-,16-,18?,36?/m1/s1. The Morgan fingerprint density at radius 3 is 2.58 bits per heavy atom. The molecular formula is C21H25F2N4O8P. The fourth-order valence-electron chi connectivity index (χ4n) is 3.84. The van der Waals surface area contributed by atoms with E-state index in [4.69, 9.17) is 24.3 Å². The Balaban J connectivity index is 1.54. The molecule has 0 saturated carbocycles. The Hall–Kier alpha value is -2.90. The Morgan fingerprint density at radius 2 is 1.97 bits per heavy atom. The van der Waals surface area contributed by atoms with Crippen LogP contribution in [0.4, 0.5) is 14.6 Å². The molecule has 3 unspecified atom stereocenters. The number of aliphatic hydroxyl groups excluding tert-OH is 1. The van der Waals surface area contributed by atoms with Gasteiger partial charge in [-0.1, -0.05) is 18.2 Å². The number of nitrogen functional groups attached to an aromatic ring is 1. The number of nitrogens with one attached hydrogen (secondary N) is 1. The number of para-hydroxylation sites is 1. The quantitative estimate of drug-likeness (QED) is 0.335. The summed E-state index contributed by atoms with van der Waals surface area (Å²) in [6.45, 7) is 2.48. The first-order valence-electron chi connectivity index (χ1n) is 10.9. The minimum Gasteiger partial charge on any atom is -0.458 e. The summed E-state index contributed by atoms with van der Waals surface area (Å²) in [6.07, 6.45) is -5.30. The van der Waals surface area contributed by atoms with Gasteiger partial charge in [0, 0.05) is 12.6 Å². The lowest BCUT2D eigenvalue weighted by Gasteiger charge is -2.24. The highest BCUT2D eigenvalue weighted by Crippen LogP contribution is 2.49. The second-order valence-electron chi connectivity index (χ2n) is 8.95. The van der Waals surface area contributed by atoms with Gasteiger partial charge in [-0.3, -0.25) is 13.9 Å². The molecule has 196 valence electrons. The molecule has 0 bridgehead atoms. The molecule has 0 aliphatic carbocycles. The molecule has 0 amide bonds. The van der Waals surface area contributed by atoms with Crippen molar-refractivity contribution in [2.45, 2.75) is 56.3 Å². The Kier molecular flexibility index (Phi) is 6.92. The van der Waals surface area contributed by atoms with Gasteiger partial charge in [-0.25, -0.2) is 9.36 Å². The third-order valence-electron chi connectivity index (χ3n) is 5.53. The number of rotatable bonds is 8. The van der Waals surface area contributed by atoms with E-state index in [1.54, 1.807) is 32.0 Å². The minimum absolute atomic E-state index is 0.106. The summed E-state index contributed by atoms with van der Waals surface area (Å²) in [4.78, 5) is 27.7. The number of aliphatic hydroxyl groups is 1. The van der Waals surface area contributed by atoms with Crippen LogP contribution < -0.4 is 21.0 Å². The molecule has 0 spiro atoms. The Labute approximate surface area is 203 Å². The van der Waals surface area contributed by atoms with Crippen molar-refractivity contribution in [2.75, 3.05) is 12.3 Å². The van der Waals surface area contributed by atoms with Gasteiger partial charge in [0.05, 0.1) is 6.61 Å². The number of anilines is 1. The highest BCUT2D eigenvalue weighted by Gasteiger charge is 2.60. The number of esters is 1. The second kappa shape index (κ2) is 9.52. The van der Waals surface area contributed by atoms with Crippen molar-refractivity contribution >= 4 is 19.5 Å². The van der Waals surface area contributed by atoms with E-state index < -0.39 is 62.0 Å². The SMILES string of the molecule is CC1(C)CC(NP(=O)(OC[C@H]2OC(n3ccc(N)nc3=O)C(F)(F)[C@@H]2O)Oc2ccccc2)C(=O)O1. The van der Waals surface area contributed by atoms with Crippen LogP contribution in [-0.2, 0) is 23.4 Å². The van der Waals surface area contributed by atoms with Crippen molar-refractivity contribution in [3.63, 3.8) is 0 Å². The number of carbonyl (C=O) groups excluding carboxylic acids is 1. The summed E-state index contributed by atoms with van der Waals surface area (Å²) in [6, 6.07) is 7.87. The maximum atomic E-state index is 14.8. The molecule has 15 heteroatoms. The van der Waals surface area contributed by atoms with E-state index in [0.717, 1.165) is 12.3 Å². The minimum atomic E-state index is -4.40. The van der Waals surface area contributed by atoms with Gasteiger partial charge in [-0.2, -0.15) is 18.9 Å². The van der Waals surface area contributed by atoms with Crippen LogP contribution in [0.3, 0.4) is 0 Å². The zero-order valence-corrected chi connectivity index (χ0v) is 20.1. The first-order chi connectivity index (χ1) is 16.8. The van der Waals surface area contributed by atoms with Gasteiger partial charge < -0.3 is 24.8 Å². The van der Waals surface area contributed by atoms with E-state index in [9.17, 15) is 28.0 Å². The van der Waals surface area contributed by atoms with Gasteiger partial charge in [0.25, 0.3) is 0 Å². The molecule has 4 N–H and O–H groups in total. The van der Waals surface area contributed by atoms with Crippen LogP contribution in [0.5, 0.6) is 5.75 Å². The van der Waals surface area contributed by atoms with E-state index >= 15 is 0 Å². The van der Waals surface area contributed by atoms with Crippen LogP contribution in [0.1, 0.15) is 26.5 Å². The topological polar surface area (TPSA) is 164 Å². The second-order valence-corrected chi connectivity index (χ2v) is 10.6. The lowest BCUT2D eigenvalue weighted by molar-refractivity contribution is -0.147. The molecular weight excluding hydrogens is 505 g/mol. The van der Waals surface area contributed by atoms with Gasteiger partial charge in [-0.05, 0) is 32.0 Å². The highest BCUT2D eigenvalue weighted by molar-refractivity contribution is 7.52. The molecule has 2 aromatic rings. The third kappa shape index (κ3) is 5.42. The van der Waals surface area contributed by atoms with Gasteiger partial charge in [-0.15, -0.1) is 0 Å². The fraction of sp³-hybridized carbons (Fsp3) is 0.476. The van der Waals surface area contributed by atoms with Crippen molar-refractivity contribution in [1.82, 2.24) is 14.6 Å². The van der Waals surface area contributed by atoms with E-state index in [2.05, 4.69) is 10.1 Å². The molecule has 2 aliphatic rings. The summed E-state index contributed by atoms with van der Waals surface area (Å²) in [7, 11) is -4.40. The molecule has 4 rings (SSSR count). The number of ether oxygens (including phenoxy) is 2. The molecule has 3 heterocycles. The number of hydrogen-bond acceptors (Lipinski definition) is 10. The van der Waals surface area contributed by atoms with Crippen LogP contribution in [0.25, 0.3) is 0 Å². The lowest BCUT2D eigenvalue weighted by Crippen LogP contribution is -2.42. The van der Waals surface area contributed by atoms with Crippen LogP contribution in [-0.4, -0.2) is 57.0 Å². The van der Waals surface area contributed by atoms with Crippen LogP contribution in [0.15, 0.2) is 47.4 Å². The maximum Gasteiger partial charge on any atom is 0.459 e. The van der Waals surface area contributed by atoms with Crippen molar-refractivity contribution in [2.24, 2.45) is 0 Å². The largest absolute Gasteiger partial charge is 0.459 e. The predicted octanol–water partition coefficient (Wildman–Crippen LogP) is 1.61. The van der Waals surface area contributed by atoms with E-state index in [-0.39, 0.29) is 18.0 Å². The van der Waals surface area contributed by atoms with Crippen molar-refractivity contribution in [3.05, 3.63) is 53.1 Å². The molecule has 12 nitrogen and oxygen atoms in total. The third-order valence-corrected chi connectivity index (χ3v) is 7.10. The number of hydrogen-bond donors (Lipinski definition) is 3. The molecule has 0 radical (unpaired) electrons. The monoisotopic (exact) mass is 530 g/mol. The Morgan fingerprint density at radius 1 is 1.28 bits per heavy atom. The van der Waals surface area contributed by atoms with Crippen LogP contribution >= 0.6 is 7.75 Å². The average molecular weight is 530 g/mol. The van der Waals surface area contributed by atoms with Crippen LogP contribution in [0.2, 0.25) is 0 Å². The summed E-state index contributed by atoms with van der Waals surface area (Å²) in [5.41, 5.74) is 3.44. The smallest absolute Gasteiger partial charge is 0.458 e. The van der Waals surface area contributed by atoms with E-state index in [1.165, 1.54) is 12.1 Å². The zero-order chi connectivity index (χ0) is 26.3. The average Bonchev–Trinajstić information content (AvgIpc) is 3.17. The number of cyclic esters (lactones) is 1. The molecule has 1 aromatic heterocycles. The van der Waals surface area contributed by atoms with Gasteiger partial charge >= 0.3 is 25.3 Å². The molecule has 5 atom stereocenters. The highest BCUT2D eigenvalue weighted by atomic mass is 31.2. The predicted molar refractivity (Wildman–Crippen MR) is 120 cm³/mol. The first kappa shape index (κ1) is 26.2. The first-order valence-corrected chi connectivity index (χ1v) is 12.4. The molecule has 2 saturated heterocycles. The van der Waals surface area contributed by atoms with Crippen molar-refractivity contribution in [1.29, 1.82) is 0 Å². The van der Waals surface area contributed by atoms with Gasteiger partial charge in [0.15, 0.2) is 6.10 Å². The lowest BCUT2D eigenvalue weighted by atomic mass is 10.0. The normalized spacial score (nSPS) is 28.4. The van der Waals surface area contributed by atoms with Gasteiger partial charge in [0.2, 0.25) is 6.23 Å². The number of aromatic nitrogens is 2.